The fraction of sp³-hybridized carbons (Fsp3) is 0.484. The van der Waals surface area contributed by atoms with Gasteiger partial charge < -0.3 is 10.6 Å². The van der Waals surface area contributed by atoms with E-state index in [1.54, 1.807) is 24.7 Å². The summed E-state index contributed by atoms with van der Waals surface area (Å²) in [6.45, 7) is 8.09. The molecule has 6 rings (SSSR count). The molecule has 5 heterocycles. The SMILES string of the molecule is CCC1\C=C(c2cnn3c2CCC3)/N=C\C(C)=C(/C(=O)Nc2cc(NC(=O)CN3CC4CCC3C4)cnc2C)C=N1. The number of carbonyl (C=O) groups is 2. The zero-order valence-electron chi connectivity index (χ0n) is 24.1. The highest BCUT2D eigenvalue weighted by Crippen LogP contribution is 2.37. The predicted octanol–water partition coefficient (Wildman–Crippen LogP) is 4.19. The van der Waals surface area contributed by atoms with Crippen LogP contribution >= 0.6 is 0 Å². The number of nitrogens with one attached hydrogen (secondary N) is 2. The number of allylic oxidation sites excluding steroid dienone is 1. The Morgan fingerprint density at radius 2 is 2.00 bits per heavy atom. The Labute approximate surface area is 240 Å². The molecule has 0 aromatic carbocycles. The Morgan fingerprint density at radius 1 is 1.12 bits per heavy atom. The molecule has 1 aliphatic carbocycles. The largest absolute Gasteiger partial charge is 0.324 e. The van der Waals surface area contributed by atoms with Crippen molar-refractivity contribution in [3.63, 3.8) is 0 Å². The van der Waals surface area contributed by atoms with Crippen molar-refractivity contribution in [1.82, 2.24) is 19.7 Å². The zero-order valence-corrected chi connectivity index (χ0v) is 24.1. The summed E-state index contributed by atoms with van der Waals surface area (Å²) in [7, 11) is 0. The van der Waals surface area contributed by atoms with Gasteiger partial charge in [-0.15, -0.1) is 0 Å². The first kappa shape index (κ1) is 27.3. The normalized spacial score (nSPS) is 27.5. The van der Waals surface area contributed by atoms with Gasteiger partial charge in [-0.1, -0.05) is 6.92 Å². The Kier molecular flexibility index (Phi) is 7.66. The number of likely N-dealkylation sites (tertiary alicyclic amines) is 1. The number of aromatic nitrogens is 3. The summed E-state index contributed by atoms with van der Waals surface area (Å²) in [5.74, 6) is 0.377. The van der Waals surface area contributed by atoms with E-state index >= 15 is 0 Å². The molecule has 10 nitrogen and oxygen atoms in total. The standard InChI is InChI=1S/C31H38N8O2/c1-4-22-11-28(26-16-35-39-9-5-6-29(26)39)34-13-19(2)25(15-33-22)31(41)37-27-12-23(14-32-20(27)3)36-30(40)18-38-17-21-7-8-24(38)10-21/h11-16,21-22,24H,4-10,17-18H2,1-3H3,(H,36,40)(H,37,41)/b25-19-,28-11-,33-15?,34-13-. The molecule has 214 valence electrons. The smallest absolute Gasteiger partial charge is 0.257 e. The van der Waals surface area contributed by atoms with E-state index in [-0.39, 0.29) is 17.9 Å². The molecule has 4 aliphatic rings. The van der Waals surface area contributed by atoms with Crippen LogP contribution in [0.15, 0.2) is 45.7 Å². The highest BCUT2D eigenvalue weighted by Gasteiger charge is 2.38. The van der Waals surface area contributed by atoms with Gasteiger partial charge in [0.1, 0.15) is 0 Å². The van der Waals surface area contributed by atoms with Crippen LogP contribution in [-0.2, 0) is 22.6 Å². The third-order valence-electron chi connectivity index (χ3n) is 8.73. The lowest BCUT2D eigenvalue weighted by Crippen LogP contribution is -2.38. The van der Waals surface area contributed by atoms with Crippen molar-refractivity contribution in [2.24, 2.45) is 15.9 Å². The van der Waals surface area contributed by atoms with Crippen molar-refractivity contribution in [3.05, 3.63) is 52.6 Å². The average Bonchev–Trinajstić information content (AvgIpc) is 3.75. The monoisotopic (exact) mass is 554 g/mol. The molecule has 2 amide bonds. The first-order valence-corrected chi connectivity index (χ1v) is 14.7. The van der Waals surface area contributed by atoms with Gasteiger partial charge in [0.2, 0.25) is 5.91 Å². The Hall–Kier alpha value is -3.92. The number of hydrogen-bond donors (Lipinski definition) is 2. The second kappa shape index (κ2) is 11.5. The minimum atomic E-state index is -0.302. The van der Waals surface area contributed by atoms with Crippen molar-refractivity contribution >= 4 is 41.3 Å². The van der Waals surface area contributed by atoms with Gasteiger partial charge in [-0.25, -0.2) is 0 Å². The third kappa shape index (κ3) is 5.79. The van der Waals surface area contributed by atoms with Crippen molar-refractivity contribution in [3.8, 4) is 0 Å². The lowest BCUT2D eigenvalue weighted by Gasteiger charge is -2.25. The highest BCUT2D eigenvalue weighted by atomic mass is 16.2. The highest BCUT2D eigenvalue weighted by molar-refractivity contribution is 6.21. The fourth-order valence-corrected chi connectivity index (χ4v) is 6.40. The topological polar surface area (TPSA) is 117 Å². The van der Waals surface area contributed by atoms with E-state index in [9.17, 15) is 9.59 Å². The molecule has 3 aliphatic heterocycles. The third-order valence-corrected chi connectivity index (χ3v) is 8.73. The number of aliphatic imine (C=N–C) groups is 2. The van der Waals surface area contributed by atoms with E-state index in [2.05, 4.69) is 38.6 Å². The number of rotatable bonds is 7. The molecule has 10 heteroatoms. The summed E-state index contributed by atoms with van der Waals surface area (Å²) in [6.07, 6.45) is 15.5. The van der Waals surface area contributed by atoms with Gasteiger partial charge in [-0.2, -0.15) is 5.10 Å². The van der Waals surface area contributed by atoms with E-state index in [4.69, 9.17) is 9.98 Å². The van der Waals surface area contributed by atoms with Crippen molar-refractivity contribution in [1.29, 1.82) is 0 Å². The molecule has 2 N–H and O–H groups in total. The second-order valence-electron chi connectivity index (χ2n) is 11.6. The minimum absolute atomic E-state index is 0.0587. The van der Waals surface area contributed by atoms with Crippen LogP contribution in [0.3, 0.4) is 0 Å². The van der Waals surface area contributed by atoms with Crippen molar-refractivity contribution in [2.45, 2.75) is 77.9 Å². The van der Waals surface area contributed by atoms with E-state index in [1.165, 1.54) is 25.0 Å². The van der Waals surface area contributed by atoms with Crippen LogP contribution in [0.25, 0.3) is 5.70 Å². The molecule has 1 saturated heterocycles. The number of fused-ring (bicyclic) bond motifs is 3. The Bertz CT molecular complexity index is 1480. The molecule has 1 saturated carbocycles. The molecule has 2 bridgehead atoms. The number of aryl methyl sites for hydroxylation is 2. The van der Waals surface area contributed by atoms with Crippen LogP contribution in [0.5, 0.6) is 0 Å². The number of hydrogen-bond acceptors (Lipinski definition) is 7. The van der Waals surface area contributed by atoms with Crippen LogP contribution in [0.1, 0.15) is 62.9 Å². The summed E-state index contributed by atoms with van der Waals surface area (Å²) in [5.41, 5.74) is 5.96. The number of nitrogens with zero attached hydrogens (tertiary/aromatic N) is 6. The average molecular weight is 555 g/mol. The van der Waals surface area contributed by atoms with E-state index in [1.807, 2.05) is 24.7 Å². The molecule has 41 heavy (non-hydrogen) atoms. The van der Waals surface area contributed by atoms with Crippen molar-refractivity contribution < 1.29 is 9.59 Å². The van der Waals surface area contributed by atoms with E-state index in [0.717, 1.165) is 49.5 Å². The lowest BCUT2D eigenvalue weighted by atomic mass is 10.1. The van der Waals surface area contributed by atoms with Gasteiger partial charge in [0.05, 0.1) is 53.3 Å². The van der Waals surface area contributed by atoms with E-state index in [0.29, 0.717) is 40.8 Å². The van der Waals surface area contributed by atoms with Gasteiger partial charge in [0.15, 0.2) is 0 Å². The van der Waals surface area contributed by atoms with Crippen molar-refractivity contribution in [2.75, 3.05) is 23.7 Å². The molecule has 2 aromatic heterocycles. The quantitative estimate of drug-likeness (QED) is 0.533. The van der Waals surface area contributed by atoms with Gasteiger partial charge in [0, 0.05) is 42.8 Å². The Morgan fingerprint density at radius 3 is 2.78 bits per heavy atom. The number of pyridine rings is 1. The van der Waals surface area contributed by atoms with Gasteiger partial charge in [-0.05, 0) is 76.0 Å². The summed E-state index contributed by atoms with van der Waals surface area (Å²) >= 11 is 0. The van der Waals surface area contributed by atoms with Gasteiger partial charge >= 0.3 is 0 Å². The first-order chi connectivity index (χ1) is 19.9. The fourth-order valence-electron chi connectivity index (χ4n) is 6.40. The van der Waals surface area contributed by atoms with E-state index < -0.39 is 0 Å². The van der Waals surface area contributed by atoms with Crippen LogP contribution in [0, 0.1) is 12.8 Å². The first-order valence-electron chi connectivity index (χ1n) is 14.7. The molecular weight excluding hydrogens is 516 g/mol. The Balaban J connectivity index is 1.18. The summed E-state index contributed by atoms with van der Waals surface area (Å²) in [6, 6.07) is 2.17. The summed E-state index contributed by atoms with van der Waals surface area (Å²) in [4.78, 5) is 42.6. The molecule has 3 atom stereocenters. The molecule has 0 spiro atoms. The number of anilines is 2. The van der Waals surface area contributed by atoms with Crippen LogP contribution in [0.2, 0.25) is 0 Å². The maximum atomic E-state index is 13.5. The number of amides is 2. The maximum Gasteiger partial charge on any atom is 0.257 e. The number of carbonyl (C=O) groups excluding carboxylic acids is 2. The molecule has 2 fully saturated rings. The predicted molar refractivity (Wildman–Crippen MR) is 161 cm³/mol. The number of piperidine rings is 1. The lowest BCUT2D eigenvalue weighted by molar-refractivity contribution is -0.117. The summed E-state index contributed by atoms with van der Waals surface area (Å²) < 4.78 is 2.05. The molecule has 2 aromatic rings. The molecule has 3 unspecified atom stereocenters. The van der Waals surface area contributed by atoms with Crippen LogP contribution < -0.4 is 10.6 Å². The zero-order chi connectivity index (χ0) is 28.5. The molecule has 0 radical (unpaired) electrons. The minimum Gasteiger partial charge on any atom is -0.324 e. The maximum absolute atomic E-state index is 13.5. The van der Waals surface area contributed by atoms with Gasteiger partial charge in [0.25, 0.3) is 5.91 Å². The van der Waals surface area contributed by atoms with Crippen LogP contribution in [0.4, 0.5) is 11.4 Å². The summed E-state index contributed by atoms with van der Waals surface area (Å²) in [5, 5.41) is 10.5. The van der Waals surface area contributed by atoms with Crippen LogP contribution in [-0.4, -0.2) is 69.1 Å². The van der Waals surface area contributed by atoms with Gasteiger partial charge in [-0.3, -0.25) is 34.1 Å². The molecular formula is C31H38N8O2. The second-order valence-corrected chi connectivity index (χ2v) is 11.6.